The van der Waals surface area contributed by atoms with Crippen LogP contribution in [0.2, 0.25) is 0 Å². The molecule has 1 amide bonds. The molecular formula is C23H23N3O5. The minimum Gasteiger partial charge on any atom is -0.478 e. The Hall–Kier alpha value is -3.49. The first-order valence-electron chi connectivity index (χ1n) is 10.1. The van der Waals surface area contributed by atoms with E-state index >= 15 is 0 Å². The second-order valence-corrected chi connectivity index (χ2v) is 7.35. The minimum absolute atomic E-state index is 0.211. The van der Waals surface area contributed by atoms with E-state index in [0.717, 1.165) is 41.7 Å². The van der Waals surface area contributed by atoms with E-state index in [1.165, 1.54) is 6.08 Å². The van der Waals surface area contributed by atoms with Gasteiger partial charge in [0.25, 0.3) is 5.91 Å². The third-order valence-corrected chi connectivity index (χ3v) is 4.99. The molecule has 160 valence electrons. The first-order chi connectivity index (χ1) is 15.1. The van der Waals surface area contributed by atoms with Crippen LogP contribution >= 0.6 is 0 Å². The topological polar surface area (TPSA) is 114 Å². The number of hydrogen-bond donors (Lipinski definition) is 3. The van der Waals surface area contributed by atoms with Crippen LogP contribution in [-0.2, 0) is 20.8 Å². The second kappa shape index (κ2) is 9.55. The maximum Gasteiger partial charge on any atom is 0.335 e. The molecule has 4 rings (SSSR count). The number of fused-ring (bicyclic) bond motifs is 1. The van der Waals surface area contributed by atoms with Crippen molar-refractivity contribution in [1.82, 2.24) is 15.4 Å². The number of benzene rings is 2. The molecule has 0 aliphatic carbocycles. The highest BCUT2D eigenvalue weighted by Crippen LogP contribution is 2.17. The summed E-state index contributed by atoms with van der Waals surface area (Å²) in [5, 5.41) is 9.10. The van der Waals surface area contributed by atoms with Crippen LogP contribution in [0, 0.1) is 0 Å². The van der Waals surface area contributed by atoms with Crippen molar-refractivity contribution in [2.24, 2.45) is 0 Å². The second-order valence-electron chi connectivity index (χ2n) is 7.35. The fourth-order valence-corrected chi connectivity index (χ4v) is 3.35. The number of amides is 1. The standard InChI is InChI=1S/C23H23N3O5/c27-21(26-31-22-3-1-2-12-30-22)11-8-15-4-6-16(7-5-15)13-20-24-18-10-9-17(23(28)29)14-19(18)25-20/h4-11,14,22H,1-3,12-13H2,(H,24,25)(H,26,27)(H,28,29)/b11-8+. The number of imidazole rings is 1. The SMILES string of the molecule is O=C(/C=C/c1ccc(Cc2nc3cc(C(=O)O)ccc3[nH]2)cc1)NOC1CCCCO1. The monoisotopic (exact) mass is 421 g/mol. The lowest BCUT2D eigenvalue weighted by molar-refractivity contribution is -0.198. The van der Waals surface area contributed by atoms with Crippen LogP contribution in [0.3, 0.4) is 0 Å². The van der Waals surface area contributed by atoms with Gasteiger partial charge in [-0.3, -0.25) is 4.79 Å². The molecule has 3 N–H and O–H groups in total. The number of H-pyrrole nitrogens is 1. The Morgan fingerprint density at radius 1 is 1.23 bits per heavy atom. The highest BCUT2D eigenvalue weighted by molar-refractivity contribution is 5.92. The number of aromatic carboxylic acids is 1. The number of nitrogens with zero attached hydrogens (tertiary/aromatic N) is 1. The summed E-state index contributed by atoms with van der Waals surface area (Å²) < 4.78 is 5.39. The van der Waals surface area contributed by atoms with Gasteiger partial charge in [-0.2, -0.15) is 0 Å². The van der Waals surface area contributed by atoms with Crippen LogP contribution in [0.1, 0.15) is 46.6 Å². The zero-order chi connectivity index (χ0) is 21.6. The molecule has 0 spiro atoms. The third kappa shape index (κ3) is 5.56. The average molecular weight is 421 g/mol. The van der Waals surface area contributed by atoms with Crippen molar-refractivity contribution in [2.75, 3.05) is 6.61 Å². The van der Waals surface area contributed by atoms with E-state index in [1.54, 1.807) is 24.3 Å². The van der Waals surface area contributed by atoms with Gasteiger partial charge in [0, 0.05) is 25.5 Å². The number of rotatable bonds is 7. The van der Waals surface area contributed by atoms with Crippen LogP contribution in [0.5, 0.6) is 0 Å². The number of hydrogen-bond acceptors (Lipinski definition) is 5. The number of carboxylic acids is 1. The summed E-state index contributed by atoms with van der Waals surface area (Å²) in [5.41, 5.74) is 5.94. The molecule has 1 aromatic heterocycles. The van der Waals surface area contributed by atoms with Gasteiger partial charge >= 0.3 is 5.97 Å². The van der Waals surface area contributed by atoms with Crippen molar-refractivity contribution in [1.29, 1.82) is 0 Å². The van der Waals surface area contributed by atoms with E-state index in [-0.39, 0.29) is 17.8 Å². The fraction of sp³-hybridized carbons (Fsp3) is 0.261. The molecule has 1 saturated heterocycles. The number of nitrogens with one attached hydrogen (secondary N) is 2. The first kappa shape index (κ1) is 20.8. The molecule has 8 heteroatoms. The van der Waals surface area contributed by atoms with Crippen molar-refractivity contribution < 1.29 is 24.3 Å². The lowest BCUT2D eigenvalue weighted by Crippen LogP contribution is -2.32. The highest BCUT2D eigenvalue weighted by Gasteiger charge is 2.15. The van der Waals surface area contributed by atoms with Crippen LogP contribution in [0.15, 0.2) is 48.5 Å². The lowest BCUT2D eigenvalue weighted by atomic mass is 10.1. The van der Waals surface area contributed by atoms with Crippen molar-refractivity contribution in [2.45, 2.75) is 32.0 Å². The smallest absolute Gasteiger partial charge is 0.335 e. The number of carbonyl (C=O) groups is 2. The summed E-state index contributed by atoms with van der Waals surface area (Å²) in [6, 6.07) is 12.6. The maximum atomic E-state index is 11.9. The van der Waals surface area contributed by atoms with E-state index < -0.39 is 5.97 Å². The third-order valence-electron chi connectivity index (χ3n) is 4.99. The number of carbonyl (C=O) groups excluding carboxylic acids is 1. The molecule has 3 aromatic rings. The van der Waals surface area contributed by atoms with Gasteiger partial charge in [-0.25, -0.2) is 20.1 Å². The number of carboxylic acid groups (broad SMARTS) is 1. The summed E-state index contributed by atoms with van der Waals surface area (Å²) in [6.45, 7) is 0.653. The van der Waals surface area contributed by atoms with Gasteiger partial charge < -0.3 is 14.8 Å². The molecule has 31 heavy (non-hydrogen) atoms. The Kier molecular flexibility index (Phi) is 6.40. The Morgan fingerprint density at radius 3 is 2.81 bits per heavy atom. The van der Waals surface area contributed by atoms with Gasteiger partial charge in [0.1, 0.15) is 5.82 Å². The van der Waals surface area contributed by atoms with Gasteiger partial charge in [-0.15, -0.1) is 0 Å². The van der Waals surface area contributed by atoms with Gasteiger partial charge in [0.05, 0.1) is 16.6 Å². The molecule has 1 aliphatic rings. The van der Waals surface area contributed by atoms with Crippen molar-refractivity contribution >= 4 is 29.0 Å². The fourth-order valence-electron chi connectivity index (χ4n) is 3.35. The van der Waals surface area contributed by atoms with E-state index in [0.29, 0.717) is 18.5 Å². The molecule has 1 unspecified atom stereocenters. The maximum absolute atomic E-state index is 11.9. The molecule has 1 fully saturated rings. The summed E-state index contributed by atoms with van der Waals surface area (Å²) in [6.07, 6.45) is 6.15. The van der Waals surface area contributed by atoms with Crippen molar-refractivity contribution in [3.8, 4) is 0 Å². The van der Waals surface area contributed by atoms with E-state index in [4.69, 9.17) is 14.7 Å². The Labute approximate surface area is 178 Å². The molecular weight excluding hydrogens is 398 g/mol. The number of hydroxylamine groups is 1. The van der Waals surface area contributed by atoms with Crippen molar-refractivity contribution in [3.63, 3.8) is 0 Å². The summed E-state index contributed by atoms with van der Waals surface area (Å²) in [7, 11) is 0. The van der Waals surface area contributed by atoms with E-state index in [1.807, 2.05) is 24.3 Å². The largest absolute Gasteiger partial charge is 0.478 e. The predicted octanol–water partition coefficient (Wildman–Crippen LogP) is 3.44. The zero-order valence-corrected chi connectivity index (χ0v) is 16.8. The molecule has 8 nitrogen and oxygen atoms in total. The molecule has 0 bridgehead atoms. The quantitative estimate of drug-likeness (QED) is 0.398. The number of aromatic amines is 1. The van der Waals surface area contributed by atoms with Gasteiger partial charge in [-0.05, 0) is 48.2 Å². The summed E-state index contributed by atoms with van der Waals surface area (Å²) in [5.74, 6) is -0.568. The molecule has 0 radical (unpaired) electrons. The molecule has 2 heterocycles. The van der Waals surface area contributed by atoms with E-state index in [2.05, 4.69) is 15.4 Å². The zero-order valence-electron chi connectivity index (χ0n) is 16.8. The van der Waals surface area contributed by atoms with Crippen LogP contribution in [0.4, 0.5) is 0 Å². The van der Waals surface area contributed by atoms with Gasteiger partial charge in [0.2, 0.25) is 0 Å². The molecule has 1 atom stereocenters. The van der Waals surface area contributed by atoms with E-state index in [9.17, 15) is 9.59 Å². The predicted molar refractivity (Wildman–Crippen MR) is 114 cm³/mol. The van der Waals surface area contributed by atoms with Gasteiger partial charge in [-0.1, -0.05) is 24.3 Å². The summed E-state index contributed by atoms with van der Waals surface area (Å²) >= 11 is 0. The Bertz CT molecular complexity index is 1100. The van der Waals surface area contributed by atoms with Crippen LogP contribution in [-0.4, -0.2) is 39.8 Å². The normalized spacial score (nSPS) is 16.6. The minimum atomic E-state index is -0.974. The van der Waals surface area contributed by atoms with Crippen LogP contribution < -0.4 is 5.48 Å². The molecule has 1 aliphatic heterocycles. The van der Waals surface area contributed by atoms with Crippen molar-refractivity contribution in [3.05, 3.63) is 71.1 Å². The average Bonchev–Trinajstić information content (AvgIpc) is 3.19. The van der Waals surface area contributed by atoms with Gasteiger partial charge in [0.15, 0.2) is 6.29 Å². The molecule has 0 saturated carbocycles. The summed E-state index contributed by atoms with van der Waals surface area (Å²) in [4.78, 5) is 35.9. The Morgan fingerprint density at radius 2 is 2.06 bits per heavy atom. The first-order valence-corrected chi connectivity index (χ1v) is 10.1. The highest BCUT2D eigenvalue weighted by atomic mass is 16.8. The number of ether oxygens (including phenoxy) is 1. The number of aromatic nitrogens is 2. The Balaban J connectivity index is 1.32. The molecule has 2 aromatic carbocycles. The lowest BCUT2D eigenvalue weighted by Gasteiger charge is -2.21. The van der Waals surface area contributed by atoms with Crippen LogP contribution in [0.25, 0.3) is 17.1 Å².